The van der Waals surface area contributed by atoms with Crippen LogP contribution in [0.5, 0.6) is 0 Å². The van der Waals surface area contributed by atoms with E-state index < -0.39 is 24.4 Å². The fraction of sp³-hybridized carbons (Fsp3) is 1.00. The third-order valence-electron chi connectivity index (χ3n) is 3.23. The monoisotopic (exact) mass is 320 g/mol. The minimum absolute atomic E-state index is 0. The van der Waals surface area contributed by atoms with Crippen LogP contribution in [-0.4, -0.2) is 47.6 Å². The number of rotatable bonds is 8. The molecule has 0 N–H and O–H groups in total. The zero-order valence-electron chi connectivity index (χ0n) is 11.0. The molecule has 0 aliphatic rings. The summed E-state index contributed by atoms with van der Waals surface area (Å²) in [5, 5.41) is 0. The molecule has 0 radical (unpaired) electrons. The second kappa shape index (κ2) is 8.83. The molecule has 0 amide bonds. The second-order valence-electron chi connectivity index (χ2n) is 4.73. The van der Waals surface area contributed by atoms with Gasteiger partial charge in [0.05, 0.1) is 0 Å². The van der Waals surface area contributed by atoms with Crippen molar-refractivity contribution in [2.75, 3.05) is 0 Å². The Morgan fingerprint density at radius 2 is 1.35 bits per heavy atom. The van der Waals surface area contributed by atoms with Gasteiger partial charge in [-0.3, -0.25) is 0 Å². The summed E-state index contributed by atoms with van der Waals surface area (Å²) in [4.78, 5) is 0. The van der Waals surface area contributed by atoms with Gasteiger partial charge in [-0.1, -0.05) is 39.5 Å². The second-order valence-corrected chi connectivity index (χ2v) is 4.73. The molecule has 0 aromatic rings. The van der Waals surface area contributed by atoms with Crippen LogP contribution in [0.4, 0.5) is 30.7 Å². The Bertz CT molecular complexity index is 263. The molecule has 8 heteroatoms. The first kappa shape index (κ1) is 22.8. The Morgan fingerprint density at radius 1 is 0.850 bits per heavy atom. The quantitative estimate of drug-likeness (QED) is 0.428. The predicted molar refractivity (Wildman–Crippen MR) is 65.6 cm³/mol. The molecule has 0 nitrogen and oxygen atoms in total. The molecule has 0 fully saturated rings. The van der Waals surface area contributed by atoms with Crippen molar-refractivity contribution < 1.29 is 30.7 Å². The van der Waals surface area contributed by atoms with Crippen molar-refractivity contribution in [3.63, 3.8) is 0 Å². The average Bonchev–Trinajstić information content (AvgIpc) is 2.27. The van der Waals surface area contributed by atoms with Crippen LogP contribution >= 0.6 is 0 Å². The van der Waals surface area contributed by atoms with Crippen molar-refractivity contribution in [3.05, 3.63) is 0 Å². The van der Waals surface area contributed by atoms with Crippen LogP contribution in [0.1, 0.15) is 52.4 Å². The van der Waals surface area contributed by atoms with Crippen molar-refractivity contribution >= 4 is 29.6 Å². The molecule has 0 aliphatic heterocycles. The summed E-state index contributed by atoms with van der Waals surface area (Å²) in [7, 11) is 0. The van der Waals surface area contributed by atoms with E-state index >= 15 is 0 Å². The summed E-state index contributed by atoms with van der Waals surface area (Å²) in [6.45, 7) is 3.60. The van der Waals surface area contributed by atoms with Crippen LogP contribution in [0.3, 0.4) is 0 Å². The molecule has 0 saturated heterocycles. The molecule has 118 valence electrons. The molecule has 0 aliphatic carbocycles. The van der Waals surface area contributed by atoms with Crippen molar-refractivity contribution in [2.45, 2.75) is 70.4 Å². The van der Waals surface area contributed by atoms with Crippen LogP contribution in [0.25, 0.3) is 0 Å². The van der Waals surface area contributed by atoms with Gasteiger partial charge in [-0.05, 0) is 12.3 Å². The molecule has 0 saturated carbocycles. The summed E-state index contributed by atoms with van der Waals surface area (Å²) in [6, 6.07) is 0. The number of hydrogen-bond donors (Lipinski definition) is 0. The first-order chi connectivity index (χ1) is 8.49. The predicted octanol–water partition coefficient (Wildman–Crippen LogP) is 5.17. The van der Waals surface area contributed by atoms with E-state index in [0.717, 1.165) is 12.8 Å². The maximum absolute atomic E-state index is 13.0. The van der Waals surface area contributed by atoms with Crippen LogP contribution in [0, 0.1) is 5.92 Å². The number of halogens is 7. The number of unbranched alkanes of at least 4 members (excludes halogenated alkanes) is 1. The van der Waals surface area contributed by atoms with E-state index in [9.17, 15) is 30.7 Å². The first-order valence-electron chi connectivity index (χ1n) is 6.32. The summed E-state index contributed by atoms with van der Waals surface area (Å²) < 4.78 is 87.1. The van der Waals surface area contributed by atoms with Crippen molar-refractivity contribution in [3.8, 4) is 0 Å². The molecule has 0 heterocycles. The topological polar surface area (TPSA) is 0 Å². The van der Waals surface area contributed by atoms with Gasteiger partial charge in [0.2, 0.25) is 0 Å². The third-order valence-corrected chi connectivity index (χ3v) is 3.23. The molecule has 20 heavy (non-hydrogen) atoms. The van der Waals surface area contributed by atoms with Gasteiger partial charge in [0, 0.05) is 6.42 Å². The van der Waals surface area contributed by atoms with Crippen molar-refractivity contribution in [1.82, 2.24) is 0 Å². The van der Waals surface area contributed by atoms with E-state index in [1.807, 2.05) is 6.92 Å². The molecule has 1 atom stereocenters. The van der Waals surface area contributed by atoms with Crippen molar-refractivity contribution in [1.29, 1.82) is 0 Å². The Balaban J connectivity index is 0. The van der Waals surface area contributed by atoms with Gasteiger partial charge in [0.25, 0.3) is 0 Å². The first-order valence-corrected chi connectivity index (χ1v) is 6.32. The molecule has 0 aromatic carbocycles. The SMILES string of the molecule is CCCCC(CC)CCC(F)(F)C(F)(F)C(F)(F)F.[NaH]. The standard InChI is InChI=1S/C12H19F7.Na.H/c1-3-5-6-9(4-2)7-8-10(13,14)11(15,16)12(17,18)19;;/h9H,3-8H2,1-2H3;;. The fourth-order valence-electron chi connectivity index (χ4n) is 1.80. The van der Waals surface area contributed by atoms with Gasteiger partial charge in [0.1, 0.15) is 0 Å². The Labute approximate surface area is 136 Å². The summed E-state index contributed by atoms with van der Waals surface area (Å²) in [5.41, 5.74) is 0. The van der Waals surface area contributed by atoms with Crippen LogP contribution in [-0.2, 0) is 0 Å². The molecule has 0 bridgehead atoms. The molecule has 0 aromatic heterocycles. The van der Waals surface area contributed by atoms with Crippen LogP contribution < -0.4 is 0 Å². The average molecular weight is 320 g/mol. The van der Waals surface area contributed by atoms with Crippen LogP contribution in [0.2, 0.25) is 0 Å². The minimum atomic E-state index is -6.22. The normalized spacial score (nSPS) is 14.8. The van der Waals surface area contributed by atoms with E-state index in [2.05, 4.69) is 0 Å². The van der Waals surface area contributed by atoms with E-state index in [1.165, 1.54) is 0 Å². The zero-order valence-corrected chi connectivity index (χ0v) is 11.0. The molecular weight excluding hydrogens is 300 g/mol. The van der Waals surface area contributed by atoms with E-state index in [0.29, 0.717) is 12.8 Å². The van der Waals surface area contributed by atoms with Crippen LogP contribution in [0.15, 0.2) is 0 Å². The molecule has 0 spiro atoms. The number of hydrogen-bond acceptors (Lipinski definition) is 0. The maximum atomic E-state index is 13.0. The molecule has 0 rings (SSSR count). The number of alkyl halides is 7. The Hall–Kier alpha value is 0.510. The van der Waals surface area contributed by atoms with E-state index in [4.69, 9.17) is 0 Å². The third kappa shape index (κ3) is 6.10. The molecular formula is C12H20F7Na. The van der Waals surface area contributed by atoms with Gasteiger partial charge in [-0.15, -0.1) is 0 Å². The van der Waals surface area contributed by atoms with Crippen molar-refractivity contribution in [2.24, 2.45) is 5.92 Å². The van der Waals surface area contributed by atoms with E-state index in [1.54, 1.807) is 6.92 Å². The molecule has 1 unspecified atom stereocenters. The van der Waals surface area contributed by atoms with Gasteiger partial charge < -0.3 is 0 Å². The summed E-state index contributed by atoms with van der Waals surface area (Å²) >= 11 is 0. The summed E-state index contributed by atoms with van der Waals surface area (Å²) in [6.07, 6.45) is -5.35. The fourth-order valence-corrected chi connectivity index (χ4v) is 1.80. The van der Waals surface area contributed by atoms with Gasteiger partial charge in [0.15, 0.2) is 0 Å². The Morgan fingerprint density at radius 3 is 1.70 bits per heavy atom. The Kier molecular flexibility index (Phi) is 10.1. The zero-order chi connectivity index (χ0) is 15.3. The van der Waals surface area contributed by atoms with E-state index in [-0.39, 0.29) is 41.9 Å². The van der Waals surface area contributed by atoms with Gasteiger partial charge in [-0.2, -0.15) is 30.7 Å². The summed E-state index contributed by atoms with van der Waals surface area (Å²) in [5.74, 6) is -11.3. The van der Waals surface area contributed by atoms with Gasteiger partial charge >= 0.3 is 47.6 Å². The van der Waals surface area contributed by atoms with Gasteiger partial charge in [-0.25, -0.2) is 0 Å².